The second kappa shape index (κ2) is 13.9. The summed E-state index contributed by atoms with van der Waals surface area (Å²) < 4.78 is 0. The molecule has 3 N–H and O–H groups in total. The first-order chi connectivity index (χ1) is 19.0. The third kappa shape index (κ3) is 8.54. The summed E-state index contributed by atoms with van der Waals surface area (Å²) >= 11 is 0. The number of benzene rings is 3. The number of aliphatic carboxylic acids is 1. The van der Waals surface area contributed by atoms with Crippen molar-refractivity contribution in [1.82, 2.24) is 10.6 Å². The first kappa shape index (κ1) is 30.6. The molecule has 0 aliphatic heterocycles. The van der Waals surface area contributed by atoms with Crippen LogP contribution in [0.5, 0.6) is 0 Å². The summed E-state index contributed by atoms with van der Waals surface area (Å²) in [5, 5.41) is 15.5. The topological polar surface area (TPSA) is 95.5 Å². The number of carbonyl (C=O) groups is 3. The molecule has 6 nitrogen and oxygen atoms in total. The van der Waals surface area contributed by atoms with Crippen LogP contribution in [0.2, 0.25) is 0 Å². The van der Waals surface area contributed by atoms with Gasteiger partial charge in [-0.25, -0.2) is 0 Å². The maximum absolute atomic E-state index is 13.4. The molecule has 0 heterocycles. The van der Waals surface area contributed by atoms with Crippen LogP contribution in [-0.2, 0) is 20.8 Å². The van der Waals surface area contributed by atoms with Crippen LogP contribution < -0.4 is 10.6 Å². The summed E-state index contributed by atoms with van der Waals surface area (Å²) in [6, 6.07) is 25.0. The normalized spacial score (nSPS) is 13.6. The smallest absolute Gasteiger partial charge is 0.304 e. The Kier molecular flexibility index (Phi) is 10.7. The fraction of sp³-hybridized carbons (Fsp3) is 0.382. The minimum Gasteiger partial charge on any atom is -0.481 e. The number of carboxylic acids is 1. The van der Waals surface area contributed by atoms with Crippen molar-refractivity contribution >= 4 is 17.8 Å². The largest absolute Gasteiger partial charge is 0.481 e. The van der Waals surface area contributed by atoms with E-state index in [2.05, 4.69) is 41.8 Å². The number of hydrogen-bond donors (Lipinski definition) is 3. The Morgan fingerprint density at radius 2 is 1.45 bits per heavy atom. The van der Waals surface area contributed by atoms with Gasteiger partial charge >= 0.3 is 5.97 Å². The molecule has 3 aromatic carbocycles. The zero-order chi connectivity index (χ0) is 29.3. The molecule has 3 atom stereocenters. The Morgan fingerprint density at radius 1 is 0.825 bits per heavy atom. The van der Waals surface area contributed by atoms with E-state index in [1.54, 1.807) is 0 Å². The maximum Gasteiger partial charge on any atom is 0.304 e. The Bertz CT molecular complexity index is 1280. The lowest BCUT2D eigenvalue weighted by atomic mass is 9.85. The third-order valence-electron chi connectivity index (χ3n) is 7.29. The molecule has 0 spiro atoms. The lowest BCUT2D eigenvalue weighted by Crippen LogP contribution is -2.55. The molecule has 212 valence electrons. The average Bonchev–Trinajstić information content (AvgIpc) is 2.91. The highest BCUT2D eigenvalue weighted by molar-refractivity contribution is 5.90. The maximum atomic E-state index is 13.4. The predicted molar refractivity (Wildman–Crippen MR) is 160 cm³/mol. The van der Waals surface area contributed by atoms with Gasteiger partial charge in [0.15, 0.2) is 0 Å². The minimum atomic E-state index is -1.03. The number of carboxylic acid groups (broad SMARTS) is 1. The molecule has 0 aliphatic carbocycles. The number of amides is 2. The predicted octanol–water partition coefficient (Wildman–Crippen LogP) is 6.48. The van der Waals surface area contributed by atoms with Crippen LogP contribution in [0.15, 0.2) is 78.9 Å². The highest BCUT2D eigenvalue weighted by Crippen LogP contribution is 2.29. The van der Waals surface area contributed by atoms with E-state index in [1.165, 1.54) is 16.7 Å². The molecule has 0 saturated carbocycles. The molecule has 2 amide bonds. The van der Waals surface area contributed by atoms with E-state index in [1.807, 2.05) is 82.3 Å². The zero-order valence-electron chi connectivity index (χ0n) is 24.2. The van der Waals surface area contributed by atoms with Crippen LogP contribution in [-0.4, -0.2) is 28.9 Å². The van der Waals surface area contributed by atoms with Crippen molar-refractivity contribution in [1.29, 1.82) is 0 Å². The Hall–Kier alpha value is -3.93. The number of hydrogen-bond acceptors (Lipinski definition) is 3. The first-order valence-corrected chi connectivity index (χ1v) is 14.0. The summed E-state index contributed by atoms with van der Waals surface area (Å²) in [6.45, 7) is 9.65. The second-order valence-electron chi connectivity index (χ2n) is 11.6. The summed E-state index contributed by atoms with van der Waals surface area (Å²) in [6.07, 6.45) is 1.47. The standard InChI is InChI=1S/C34H42N2O4/c1-23-14-12-19-27(30(23)26-17-10-7-11-18-26)20-13-21-28(22-29(37)38)32(39)36-31(34(3,4)5)33(40)35-24(2)25-15-8-6-9-16-25/h6-12,14-19,24,28,31H,13,20-22H2,1-5H3,(H,35,40)(H,36,39)(H,37,38). The van der Waals surface area contributed by atoms with Crippen molar-refractivity contribution in [2.24, 2.45) is 11.3 Å². The summed E-state index contributed by atoms with van der Waals surface area (Å²) in [5.41, 5.74) is 5.05. The Balaban J connectivity index is 1.71. The van der Waals surface area contributed by atoms with Crippen LogP contribution in [0.4, 0.5) is 0 Å². The zero-order valence-corrected chi connectivity index (χ0v) is 24.2. The van der Waals surface area contributed by atoms with Gasteiger partial charge in [-0.1, -0.05) is 99.6 Å². The van der Waals surface area contributed by atoms with Gasteiger partial charge in [0.2, 0.25) is 11.8 Å². The molecule has 3 unspecified atom stereocenters. The molecule has 0 aliphatic rings. The molecule has 0 aromatic heterocycles. The summed E-state index contributed by atoms with van der Waals surface area (Å²) in [4.78, 5) is 38.4. The third-order valence-corrected chi connectivity index (χ3v) is 7.29. The molecule has 0 saturated heterocycles. The van der Waals surface area contributed by atoms with Gasteiger partial charge in [-0.05, 0) is 66.3 Å². The van der Waals surface area contributed by atoms with E-state index in [4.69, 9.17) is 0 Å². The Morgan fingerprint density at radius 3 is 2.05 bits per heavy atom. The first-order valence-electron chi connectivity index (χ1n) is 14.0. The van der Waals surface area contributed by atoms with Gasteiger partial charge in [-0.15, -0.1) is 0 Å². The monoisotopic (exact) mass is 542 g/mol. The quantitative estimate of drug-likeness (QED) is 0.244. The highest BCUT2D eigenvalue weighted by Gasteiger charge is 2.35. The second-order valence-corrected chi connectivity index (χ2v) is 11.6. The van der Waals surface area contributed by atoms with Crippen molar-refractivity contribution in [2.45, 2.75) is 72.4 Å². The Labute approximate surface area is 238 Å². The van der Waals surface area contributed by atoms with E-state index in [9.17, 15) is 19.5 Å². The van der Waals surface area contributed by atoms with Crippen LogP contribution in [0.3, 0.4) is 0 Å². The van der Waals surface area contributed by atoms with E-state index in [0.29, 0.717) is 19.3 Å². The number of rotatable bonds is 12. The van der Waals surface area contributed by atoms with Crippen molar-refractivity contribution < 1.29 is 19.5 Å². The molecule has 6 heteroatoms. The molecule has 0 fully saturated rings. The van der Waals surface area contributed by atoms with Crippen molar-refractivity contribution in [3.63, 3.8) is 0 Å². The van der Waals surface area contributed by atoms with Crippen LogP contribution in [0.1, 0.15) is 69.7 Å². The molecular formula is C34H42N2O4. The number of carbonyl (C=O) groups excluding carboxylic acids is 2. The average molecular weight is 543 g/mol. The highest BCUT2D eigenvalue weighted by atomic mass is 16.4. The van der Waals surface area contributed by atoms with E-state index in [0.717, 1.165) is 11.1 Å². The minimum absolute atomic E-state index is 0.238. The summed E-state index contributed by atoms with van der Waals surface area (Å²) in [7, 11) is 0. The SMILES string of the molecule is Cc1cccc(CCCC(CC(=O)O)C(=O)NC(C(=O)NC(C)c2ccccc2)C(C)(C)C)c1-c1ccccc1. The lowest BCUT2D eigenvalue weighted by molar-refractivity contribution is -0.142. The van der Waals surface area contributed by atoms with E-state index >= 15 is 0 Å². The number of aryl methyl sites for hydroxylation is 2. The molecule has 0 bridgehead atoms. The van der Waals surface area contributed by atoms with Gasteiger partial charge in [0.1, 0.15) is 6.04 Å². The molecular weight excluding hydrogens is 500 g/mol. The van der Waals surface area contributed by atoms with Gasteiger partial charge in [-0.2, -0.15) is 0 Å². The van der Waals surface area contributed by atoms with Crippen molar-refractivity contribution in [3.8, 4) is 11.1 Å². The summed E-state index contributed by atoms with van der Waals surface area (Å²) in [5.74, 6) is -2.47. The van der Waals surface area contributed by atoms with Gasteiger partial charge in [-0.3, -0.25) is 14.4 Å². The van der Waals surface area contributed by atoms with Gasteiger partial charge < -0.3 is 15.7 Å². The van der Waals surface area contributed by atoms with Crippen molar-refractivity contribution in [2.75, 3.05) is 0 Å². The van der Waals surface area contributed by atoms with E-state index in [-0.39, 0.29) is 18.4 Å². The molecule has 40 heavy (non-hydrogen) atoms. The van der Waals surface area contributed by atoms with Gasteiger partial charge in [0.05, 0.1) is 12.5 Å². The fourth-order valence-electron chi connectivity index (χ4n) is 5.09. The number of nitrogens with one attached hydrogen (secondary N) is 2. The molecule has 3 rings (SSSR count). The molecule has 0 radical (unpaired) electrons. The fourth-order valence-corrected chi connectivity index (χ4v) is 5.09. The lowest BCUT2D eigenvalue weighted by Gasteiger charge is -2.32. The van der Waals surface area contributed by atoms with Crippen LogP contribution in [0.25, 0.3) is 11.1 Å². The molecule has 3 aromatic rings. The van der Waals surface area contributed by atoms with Crippen LogP contribution in [0, 0.1) is 18.3 Å². The van der Waals surface area contributed by atoms with Crippen molar-refractivity contribution in [3.05, 3.63) is 95.6 Å². The van der Waals surface area contributed by atoms with Gasteiger partial charge in [0, 0.05) is 5.92 Å². The van der Waals surface area contributed by atoms with Gasteiger partial charge in [0.25, 0.3) is 0 Å². The van der Waals surface area contributed by atoms with Crippen LogP contribution >= 0.6 is 0 Å². The van der Waals surface area contributed by atoms with E-state index < -0.39 is 29.3 Å².